The number of hydrogen-bond donors (Lipinski definition) is 2. The molecule has 4 rings (SSSR count). The van der Waals surface area contributed by atoms with Gasteiger partial charge >= 0.3 is 0 Å². The van der Waals surface area contributed by atoms with E-state index in [4.69, 9.17) is 10.1 Å². The zero-order valence-corrected chi connectivity index (χ0v) is 19.2. The van der Waals surface area contributed by atoms with Crippen molar-refractivity contribution in [3.05, 3.63) is 34.7 Å². The number of aryl methyl sites for hydroxylation is 1. The highest BCUT2D eigenvalue weighted by Crippen LogP contribution is 2.41. The predicted molar refractivity (Wildman–Crippen MR) is 122 cm³/mol. The third kappa shape index (κ3) is 4.93. The molecule has 2 aromatic rings. The molecular weight excluding hydrogens is 409 g/mol. The zero-order chi connectivity index (χ0) is 19.2. The first-order valence-electron chi connectivity index (χ1n) is 9.92. The minimum atomic E-state index is -0.185. The number of amides is 1. The molecule has 29 heavy (non-hydrogen) atoms. The summed E-state index contributed by atoms with van der Waals surface area (Å²) in [5.41, 5.74) is 4.53. The molecule has 0 radical (unpaired) electrons. The van der Waals surface area contributed by atoms with Gasteiger partial charge in [0.25, 0.3) is 5.91 Å². The summed E-state index contributed by atoms with van der Waals surface area (Å²) in [4.78, 5) is 18.0. The molecule has 3 heterocycles. The van der Waals surface area contributed by atoms with Crippen LogP contribution in [0.4, 0.5) is 0 Å². The van der Waals surface area contributed by atoms with Gasteiger partial charge in [-0.25, -0.2) is 9.67 Å². The van der Waals surface area contributed by atoms with Crippen LogP contribution in [-0.2, 0) is 5.54 Å². The summed E-state index contributed by atoms with van der Waals surface area (Å²) in [6.07, 6.45) is 5.47. The summed E-state index contributed by atoms with van der Waals surface area (Å²) in [6.45, 7) is 10.8. The van der Waals surface area contributed by atoms with Gasteiger partial charge in [0.05, 0.1) is 22.2 Å². The van der Waals surface area contributed by atoms with Gasteiger partial charge in [-0.2, -0.15) is 5.10 Å². The van der Waals surface area contributed by atoms with E-state index in [9.17, 15) is 4.79 Å². The van der Waals surface area contributed by atoms with Crippen LogP contribution in [0.25, 0.3) is 11.0 Å². The van der Waals surface area contributed by atoms with E-state index in [-0.39, 0.29) is 36.3 Å². The predicted octanol–water partition coefficient (Wildman–Crippen LogP) is 3.87. The minimum Gasteiger partial charge on any atom is -0.348 e. The molecule has 0 saturated heterocycles. The van der Waals surface area contributed by atoms with E-state index in [0.29, 0.717) is 18.0 Å². The highest BCUT2D eigenvalue weighted by molar-refractivity contribution is 6.06. The van der Waals surface area contributed by atoms with Crippen LogP contribution in [-0.4, -0.2) is 40.3 Å². The first-order chi connectivity index (χ1) is 12.8. The minimum absolute atomic E-state index is 0. The van der Waals surface area contributed by atoms with Crippen LogP contribution in [0, 0.1) is 6.92 Å². The second kappa shape index (κ2) is 9.02. The fourth-order valence-corrected chi connectivity index (χ4v) is 3.66. The van der Waals surface area contributed by atoms with Crippen molar-refractivity contribution in [3.63, 3.8) is 0 Å². The Labute approximate surface area is 184 Å². The molecule has 1 saturated carbocycles. The molecule has 1 fully saturated rings. The Morgan fingerprint density at radius 3 is 2.62 bits per heavy atom. The van der Waals surface area contributed by atoms with Crippen molar-refractivity contribution in [2.75, 3.05) is 19.6 Å². The van der Waals surface area contributed by atoms with Crippen LogP contribution >= 0.6 is 24.8 Å². The van der Waals surface area contributed by atoms with Crippen molar-refractivity contribution in [2.45, 2.75) is 58.4 Å². The number of nitrogens with one attached hydrogen (secondary N) is 2. The Morgan fingerprint density at radius 1 is 1.31 bits per heavy atom. The number of nitrogens with zero attached hydrogens (tertiary/aromatic N) is 3. The molecule has 0 atom stereocenters. The summed E-state index contributed by atoms with van der Waals surface area (Å²) in [5.74, 6) is 0.456. The van der Waals surface area contributed by atoms with E-state index in [1.165, 1.54) is 5.57 Å². The van der Waals surface area contributed by atoms with Crippen LogP contribution < -0.4 is 10.6 Å². The molecular formula is C21H31Cl2N5O. The Bertz CT molecular complexity index is 925. The van der Waals surface area contributed by atoms with Crippen LogP contribution in [0.1, 0.15) is 67.7 Å². The topological polar surface area (TPSA) is 71.8 Å². The highest BCUT2D eigenvalue weighted by atomic mass is 35.5. The van der Waals surface area contributed by atoms with Gasteiger partial charge < -0.3 is 10.6 Å². The molecule has 6 nitrogen and oxygen atoms in total. The van der Waals surface area contributed by atoms with Crippen molar-refractivity contribution in [1.82, 2.24) is 25.4 Å². The molecule has 8 heteroatoms. The standard InChI is InChI=1S/C21H29N5O.2ClH/c1-13-18-16(20(27)23-12-14-7-9-22-10-8-14)11-17(15-5-6-15)24-19(18)26(25-13)21(2,3)4;;/h7,11,15,22H,5-6,8-10,12H2,1-4H3,(H,23,27);2*1H. The van der Waals surface area contributed by atoms with E-state index in [0.717, 1.165) is 54.8 Å². The SMILES string of the molecule is Cc1nn(C(C)(C)C)c2nc(C3CC3)cc(C(=O)NCC3=CCNCC3)c12.Cl.Cl. The lowest BCUT2D eigenvalue weighted by atomic mass is 10.1. The third-order valence-electron chi connectivity index (χ3n) is 5.34. The molecule has 2 N–H and O–H groups in total. The fourth-order valence-electron chi connectivity index (χ4n) is 3.66. The van der Waals surface area contributed by atoms with Gasteiger partial charge in [-0.15, -0.1) is 24.8 Å². The van der Waals surface area contributed by atoms with Crippen molar-refractivity contribution in [1.29, 1.82) is 0 Å². The molecule has 0 spiro atoms. The first-order valence-corrected chi connectivity index (χ1v) is 9.92. The maximum Gasteiger partial charge on any atom is 0.252 e. The average molecular weight is 440 g/mol. The fraction of sp³-hybridized carbons (Fsp3) is 0.571. The maximum atomic E-state index is 13.1. The molecule has 2 aliphatic rings. The van der Waals surface area contributed by atoms with E-state index in [2.05, 4.69) is 37.5 Å². The zero-order valence-electron chi connectivity index (χ0n) is 17.5. The molecule has 1 aliphatic heterocycles. The lowest BCUT2D eigenvalue weighted by Gasteiger charge is -2.20. The molecule has 160 valence electrons. The average Bonchev–Trinajstić information content (AvgIpc) is 3.43. The Kier molecular flexibility index (Phi) is 7.36. The van der Waals surface area contributed by atoms with Gasteiger partial charge in [-0.1, -0.05) is 11.6 Å². The largest absolute Gasteiger partial charge is 0.348 e. The monoisotopic (exact) mass is 439 g/mol. The van der Waals surface area contributed by atoms with E-state index in [1.54, 1.807) is 0 Å². The number of aromatic nitrogens is 3. The lowest BCUT2D eigenvalue weighted by Crippen LogP contribution is -2.30. The number of halogens is 2. The molecule has 0 aromatic carbocycles. The maximum absolute atomic E-state index is 13.1. The van der Waals surface area contributed by atoms with Crippen molar-refractivity contribution < 1.29 is 4.79 Å². The van der Waals surface area contributed by atoms with Gasteiger partial charge in [-0.3, -0.25) is 4.79 Å². The van der Waals surface area contributed by atoms with Crippen molar-refractivity contribution >= 4 is 41.8 Å². The molecule has 1 aliphatic carbocycles. The second-order valence-corrected chi connectivity index (χ2v) is 8.73. The summed E-state index contributed by atoms with van der Waals surface area (Å²) in [7, 11) is 0. The second-order valence-electron chi connectivity index (χ2n) is 8.73. The van der Waals surface area contributed by atoms with Gasteiger partial charge in [0.15, 0.2) is 5.65 Å². The molecule has 2 aromatic heterocycles. The van der Waals surface area contributed by atoms with Crippen molar-refractivity contribution in [2.24, 2.45) is 0 Å². The Balaban J connectivity index is 0.00000150. The van der Waals surface area contributed by atoms with Crippen LogP contribution in [0.15, 0.2) is 17.7 Å². The normalized spacial score (nSPS) is 16.6. The molecule has 0 unspecified atom stereocenters. The quantitative estimate of drug-likeness (QED) is 0.709. The number of rotatable bonds is 4. The van der Waals surface area contributed by atoms with Crippen LogP contribution in [0.3, 0.4) is 0 Å². The first kappa shape index (κ1) is 23.6. The van der Waals surface area contributed by atoms with E-state index in [1.807, 2.05) is 17.7 Å². The smallest absolute Gasteiger partial charge is 0.252 e. The number of fused-ring (bicyclic) bond motifs is 1. The summed E-state index contributed by atoms with van der Waals surface area (Å²) < 4.78 is 1.97. The number of carbonyl (C=O) groups excluding carboxylic acids is 1. The summed E-state index contributed by atoms with van der Waals surface area (Å²) in [5, 5.41) is 12.0. The lowest BCUT2D eigenvalue weighted by molar-refractivity contribution is 0.0958. The summed E-state index contributed by atoms with van der Waals surface area (Å²) >= 11 is 0. The number of pyridine rings is 1. The van der Waals surface area contributed by atoms with Crippen LogP contribution in [0.5, 0.6) is 0 Å². The Hall–Kier alpha value is -1.63. The summed E-state index contributed by atoms with van der Waals surface area (Å²) in [6, 6.07) is 1.99. The van der Waals surface area contributed by atoms with Gasteiger partial charge in [0.2, 0.25) is 0 Å². The molecule has 0 bridgehead atoms. The number of carbonyl (C=O) groups is 1. The molecule has 1 amide bonds. The van der Waals surface area contributed by atoms with E-state index >= 15 is 0 Å². The van der Waals surface area contributed by atoms with Gasteiger partial charge in [0, 0.05) is 24.7 Å². The van der Waals surface area contributed by atoms with Gasteiger partial charge in [-0.05, 0) is 59.6 Å². The third-order valence-corrected chi connectivity index (χ3v) is 5.34. The van der Waals surface area contributed by atoms with Crippen molar-refractivity contribution in [3.8, 4) is 0 Å². The van der Waals surface area contributed by atoms with Gasteiger partial charge in [0.1, 0.15) is 0 Å². The number of hydrogen-bond acceptors (Lipinski definition) is 4. The Morgan fingerprint density at radius 2 is 2.03 bits per heavy atom. The highest BCUT2D eigenvalue weighted by Gasteiger charge is 2.30. The van der Waals surface area contributed by atoms with Crippen LogP contribution in [0.2, 0.25) is 0 Å². The van der Waals surface area contributed by atoms with E-state index < -0.39 is 0 Å².